The molecule has 0 amide bonds. The van der Waals surface area contributed by atoms with Crippen LogP contribution in [0.2, 0.25) is 0 Å². The highest BCUT2D eigenvalue weighted by molar-refractivity contribution is 5.29. The van der Waals surface area contributed by atoms with Gasteiger partial charge in [0.15, 0.2) is 0 Å². The van der Waals surface area contributed by atoms with Gasteiger partial charge in [-0.1, -0.05) is 5.92 Å². The van der Waals surface area contributed by atoms with Gasteiger partial charge < -0.3 is 5.11 Å². The number of hydrogen-bond acceptors (Lipinski definition) is 2. The average molecular weight is 147 g/mol. The van der Waals surface area contributed by atoms with E-state index in [0.29, 0.717) is 5.69 Å². The van der Waals surface area contributed by atoms with Gasteiger partial charge in [0.25, 0.3) is 0 Å². The summed E-state index contributed by atoms with van der Waals surface area (Å²) in [6, 6.07) is 3.54. The van der Waals surface area contributed by atoms with Crippen LogP contribution in [-0.2, 0) is 6.61 Å². The third-order valence-corrected chi connectivity index (χ3v) is 1.26. The Labute approximate surface area is 65.9 Å². The molecule has 1 rings (SSSR count). The maximum Gasteiger partial charge on any atom is 0.113 e. The Balaban J connectivity index is 2.97. The topological polar surface area (TPSA) is 33.1 Å². The van der Waals surface area contributed by atoms with Crippen LogP contribution in [0.4, 0.5) is 0 Å². The molecule has 0 aliphatic rings. The highest BCUT2D eigenvalue weighted by Gasteiger charge is 1.90. The molecule has 1 N–H and O–H groups in total. The van der Waals surface area contributed by atoms with E-state index in [1.54, 1.807) is 25.3 Å². The van der Waals surface area contributed by atoms with Crippen LogP contribution in [0.5, 0.6) is 0 Å². The first kappa shape index (κ1) is 7.77. The van der Waals surface area contributed by atoms with Crippen LogP contribution in [0.1, 0.15) is 18.2 Å². The standard InChI is InChI=1S/C9H9NO/c1-2-3-9-6-8(7-11)4-5-10-9/h4-6,11H,7H2,1H3. The summed E-state index contributed by atoms with van der Waals surface area (Å²) in [5.74, 6) is 5.55. The number of aliphatic hydroxyl groups excluding tert-OH is 1. The molecular formula is C9H9NO. The summed E-state index contributed by atoms with van der Waals surface area (Å²) in [5, 5.41) is 8.75. The van der Waals surface area contributed by atoms with E-state index in [4.69, 9.17) is 5.11 Å². The van der Waals surface area contributed by atoms with Gasteiger partial charge >= 0.3 is 0 Å². The van der Waals surface area contributed by atoms with Gasteiger partial charge in [0.05, 0.1) is 6.61 Å². The zero-order valence-electron chi connectivity index (χ0n) is 6.33. The molecule has 56 valence electrons. The summed E-state index contributed by atoms with van der Waals surface area (Å²) in [4.78, 5) is 3.99. The van der Waals surface area contributed by atoms with Crippen molar-refractivity contribution in [2.45, 2.75) is 13.5 Å². The molecule has 2 heteroatoms. The van der Waals surface area contributed by atoms with Crippen molar-refractivity contribution in [3.05, 3.63) is 29.6 Å². The molecule has 0 aliphatic heterocycles. The predicted octanol–water partition coefficient (Wildman–Crippen LogP) is 0.945. The molecule has 1 aromatic rings. The molecule has 0 aromatic carbocycles. The Kier molecular flexibility index (Phi) is 2.65. The van der Waals surface area contributed by atoms with Gasteiger partial charge in [-0.05, 0) is 30.5 Å². The van der Waals surface area contributed by atoms with Gasteiger partial charge in [0, 0.05) is 6.20 Å². The van der Waals surface area contributed by atoms with Crippen molar-refractivity contribution in [1.82, 2.24) is 4.98 Å². The maximum absolute atomic E-state index is 8.75. The average Bonchev–Trinajstić information content (AvgIpc) is 2.06. The van der Waals surface area contributed by atoms with E-state index in [9.17, 15) is 0 Å². The molecule has 1 aromatic heterocycles. The normalized spacial score (nSPS) is 8.55. The lowest BCUT2D eigenvalue weighted by Gasteiger charge is -1.93. The molecule has 2 nitrogen and oxygen atoms in total. The van der Waals surface area contributed by atoms with E-state index >= 15 is 0 Å². The Morgan fingerprint density at radius 1 is 1.64 bits per heavy atom. The lowest BCUT2D eigenvalue weighted by Crippen LogP contribution is -1.86. The Hall–Kier alpha value is -1.33. The molecule has 0 atom stereocenters. The van der Waals surface area contributed by atoms with Crippen LogP contribution in [0.25, 0.3) is 0 Å². The molecule has 11 heavy (non-hydrogen) atoms. The summed E-state index contributed by atoms with van der Waals surface area (Å²) < 4.78 is 0. The van der Waals surface area contributed by atoms with Crippen LogP contribution in [0.15, 0.2) is 18.3 Å². The first-order chi connectivity index (χ1) is 5.36. The zero-order valence-corrected chi connectivity index (χ0v) is 6.33. The fourth-order valence-corrected chi connectivity index (χ4v) is 0.769. The molecule has 0 saturated heterocycles. The number of rotatable bonds is 1. The maximum atomic E-state index is 8.75. The van der Waals surface area contributed by atoms with Crippen LogP contribution in [0, 0.1) is 11.8 Å². The molecule has 0 aliphatic carbocycles. The zero-order chi connectivity index (χ0) is 8.10. The van der Waals surface area contributed by atoms with Gasteiger partial charge in [0.2, 0.25) is 0 Å². The Bertz CT molecular complexity index is 296. The summed E-state index contributed by atoms with van der Waals surface area (Å²) in [5.41, 5.74) is 1.55. The summed E-state index contributed by atoms with van der Waals surface area (Å²) in [6.07, 6.45) is 1.64. The van der Waals surface area contributed by atoms with Gasteiger partial charge in [0.1, 0.15) is 5.69 Å². The first-order valence-electron chi connectivity index (χ1n) is 3.35. The minimum Gasteiger partial charge on any atom is -0.392 e. The minimum atomic E-state index is 0.0426. The third kappa shape index (κ3) is 2.06. The molecule has 0 saturated carbocycles. The lowest BCUT2D eigenvalue weighted by atomic mass is 10.2. The Morgan fingerprint density at radius 2 is 2.45 bits per heavy atom. The van der Waals surface area contributed by atoms with Crippen LogP contribution in [-0.4, -0.2) is 10.1 Å². The van der Waals surface area contributed by atoms with Crippen molar-refractivity contribution < 1.29 is 5.11 Å². The summed E-state index contributed by atoms with van der Waals surface area (Å²) in [6.45, 7) is 1.80. The van der Waals surface area contributed by atoms with Gasteiger partial charge in [-0.2, -0.15) is 0 Å². The number of hydrogen-bond donors (Lipinski definition) is 1. The van der Waals surface area contributed by atoms with Crippen molar-refractivity contribution in [3.63, 3.8) is 0 Å². The Morgan fingerprint density at radius 3 is 3.09 bits per heavy atom. The molecule has 1 heterocycles. The van der Waals surface area contributed by atoms with Crippen molar-refractivity contribution in [2.75, 3.05) is 0 Å². The van der Waals surface area contributed by atoms with Crippen LogP contribution < -0.4 is 0 Å². The van der Waals surface area contributed by atoms with E-state index in [-0.39, 0.29) is 6.61 Å². The first-order valence-corrected chi connectivity index (χ1v) is 3.35. The van der Waals surface area contributed by atoms with Crippen molar-refractivity contribution in [1.29, 1.82) is 0 Å². The number of aromatic nitrogens is 1. The van der Waals surface area contributed by atoms with Crippen LogP contribution >= 0.6 is 0 Å². The fourth-order valence-electron chi connectivity index (χ4n) is 0.769. The summed E-state index contributed by atoms with van der Waals surface area (Å²) in [7, 11) is 0. The molecule has 0 spiro atoms. The molecule has 0 unspecified atom stereocenters. The second-order valence-corrected chi connectivity index (χ2v) is 2.08. The van der Waals surface area contributed by atoms with E-state index in [1.165, 1.54) is 0 Å². The highest BCUT2D eigenvalue weighted by atomic mass is 16.3. The number of pyridine rings is 1. The van der Waals surface area contributed by atoms with Gasteiger partial charge in [-0.3, -0.25) is 0 Å². The smallest absolute Gasteiger partial charge is 0.113 e. The van der Waals surface area contributed by atoms with Crippen molar-refractivity contribution in [2.24, 2.45) is 0 Å². The number of nitrogens with zero attached hydrogens (tertiary/aromatic N) is 1. The molecule has 0 bridgehead atoms. The van der Waals surface area contributed by atoms with E-state index < -0.39 is 0 Å². The minimum absolute atomic E-state index is 0.0426. The van der Waals surface area contributed by atoms with Crippen molar-refractivity contribution in [3.8, 4) is 11.8 Å². The monoisotopic (exact) mass is 147 g/mol. The molecule has 0 fully saturated rings. The van der Waals surface area contributed by atoms with E-state index in [2.05, 4.69) is 16.8 Å². The highest BCUT2D eigenvalue weighted by Crippen LogP contribution is 1.99. The lowest BCUT2D eigenvalue weighted by molar-refractivity contribution is 0.281. The predicted molar refractivity (Wildman–Crippen MR) is 42.7 cm³/mol. The largest absolute Gasteiger partial charge is 0.392 e. The second kappa shape index (κ2) is 3.75. The second-order valence-electron chi connectivity index (χ2n) is 2.08. The van der Waals surface area contributed by atoms with Crippen molar-refractivity contribution >= 4 is 0 Å². The summed E-state index contributed by atoms with van der Waals surface area (Å²) >= 11 is 0. The van der Waals surface area contributed by atoms with Gasteiger partial charge in [-0.15, -0.1) is 0 Å². The quantitative estimate of drug-likeness (QED) is 0.600. The SMILES string of the molecule is CC#Cc1cc(CO)ccn1. The number of aliphatic hydroxyl groups is 1. The molecular weight excluding hydrogens is 138 g/mol. The fraction of sp³-hybridized carbons (Fsp3) is 0.222. The molecule has 0 radical (unpaired) electrons. The van der Waals surface area contributed by atoms with E-state index in [0.717, 1.165) is 5.56 Å². The van der Waals surface area contributed by atoms with E-state index in [1.807, 2.05) is 0 Å². The third-order valence-electron chi connectivity index (χ3n) is 1.26. The van der Waals surface area contributed by atoms with Gasteiger partial charge in [-0.25, -0.2) is 4.98 Å². The van der Waals surface area contributed by atoms with Crippen LogP contribution in [0.3, 0.4) is 0 Å².